The van der Waals surface area contributed by atoms with Gasteiger partial charge in [-0.15, -0.1) is 0 Å². The highest BCUT2D eigenvalue weighted by molar-refractivity contribution is 9.10. The van der Waals surface area contributed by atoms with Gasteiger partial charge in [-0.1, -0.05) is 34.1 Å². The first kappa shape index (κ1) is 20.0. The lowest BCUT2D eigenvalue weighted by Gasteiger charge is -2.13. The standard InChI is InChI=1S/C20H15BrN2O4S/c1-26-16-9-15(21)7-14(18(16)27-2)8-17-19(24)23(20(25)28-17)11-13-6-4-3-5-12(13)10-22/h3-9H,11H2,1-2H3/b17-8+. The molecule has 0 unspecified atom stereocenters. The third kappa shape index (κ3) is 3.91. The van der Waals surface area contributed by atoms with Crippen LogP contribution in [0.2, 0.25) is 0 Å². The molecule has 2 aromatic rings. The molecule has 8 heteroatoms. The number of benzene rings is 2. The lowest BCUT2D eigenvalue weighted by atomic mass is 10.1. The molecule has 0 bridgehead atoms. The van der Waals surface area contributed by atoms with Crippen molar-refractivity contribution >= 4 is 44.9 Å². The van der Waals surface area contributed by atoms with Crippen LogP contribution < -0.4 is 9.47 Å². The first-order chi connectivity index (χ1) is 13.5. The summed E-state index contributed by atoms with van der Waals surface area (Å²) < 4.78 is 11.5. The van der Waals surface area contributed by atoms with Crippen molar-refractivity contribution in [1.29, 1.82) is 5.26 Å². The molecule has 3 rings (SSSR count). The van der Waals surface area contributed by atoms with E-state index in [1.54, 1.807) is 42.5 Å². The molecule has 1 aliphatic heterocycles. The summed E-state index contributed by atoms with van der Waals surface area (Å²) in [5.41, 5.74) is 1.66. The van der Waals surface area contributed by atoms with Crippen molar-refractivity contribution in [2.75, 3.05) is 14.2 Å². The van der Waals surface area contributed by atoms with Crippen LogP contribution in [0.1, 0.15) is 16.7 Å². The van der Waals surface area contributed by atoms with Crippen molar-refractivity contribution in [3.63, 3.8) is 0 Å². The number of halogens is 1. The minimum atomic E-state index is -0.413. The third-order valence-electron chi connectivity index (χ3n) is 4.10. The lowest BCUT2D eigenvalue weighted by Crippen LogP contribution is -2.27. The van der Waals surface area contributed by atoms with Gasteiger partial charge in [0.05, 0.1) is 37.3 Å². The van der Waals surface area contributed by atoms with E-state index in [0.29, 0.717) is 28.2 Å². The van der Waals surface area contributed by atoms with Crippen molar-refractivity contribution in [2.45, 2.75) is 6.54 Å². The predicted octanol–water partition coefficient (Wildman–Crippen LogP) is 4.57. The number of nitrogens with zero attached hydrogens (tertiary/aromatic N) is 2. The molecule has 1 aliphatic rings. The van der Waals surface area contributed by atoms with E-state index in [0.717, 1.165) is 21.1 Å². The summed E-state index contributed by atoms with van der Waals surface area (Å²) in [4.78, 5) is 26.6. The van der Waals surface area contributed by atoms with E-state index in [2.05, 4.69) is 22.0 Å². The molecule has 1 fully saturated rings. The maximum absolute atomic E-state index is 12.8. The molecule has 0 aromatic heterocycles. The van der Waals surface area contributed by atoms with Gasteiger partial charge in [0.1, 0.15) is 0 Å². The summed E-state index contributed by atoms with van der Waals surface area (Å²) in [7, 11) is 3.03. The molecule has 0 aliphatic carbocycles. The Morgan fingerprint density at radius 2 is 1.96 bits per heavy atom. The van der Waals surface area contributed by atoms with Crippen LogP contribution in [0.15, 0.2) is 45.8 Å². The predicted molar refractivity (Wildman–Crippen MR) is 110 cm³/mol. The molecular weight excluding hydrogens is 444 g/mol. The van der Waals surface area contributed by atoms with Crippen LogP contribution in [0.25, 0.3) is 6.08 Å². The molecule has 2 aromatic carbocycles. The Morgan fingerprint density at radius 1 is 1.21 bits per heavy atom. The second kappa shape index (κ2) is 8.50. The first-order valence-electron chi connectivity index (χ1n) is 8.13. The number of carbonyl (C=O) groups is 2. The van der Waals surface area contributed by atoms with Gasteiger partial charge in [0.25, 0.3) is 11.1 Å². The van der Waals surface area contributed by atoms with Crippen LogP contribution in [0, 0.1) is 11.3 Å². The summed E-state index contributed by atoms with van der Waals surface area (Å²) >= 11 is 4.25. The van der Waals surface area contributed by atoms with E-state index in [9.17, 15) is 14.9 Å². The number of hydrogen-bond acceptors (Lipinski definition) is 6. The SMILES string of the molecule is COc1cc(Br)cc(/C=C2/SC(=O)N(Cc3ccccc3C#N)C2=O)c1OC. The number of imide groups is 1. The second-order valence-corrected chi connectivity index (χ2v) is 7.68. The Bertz CT molecular complexity index is 1030. The second-order valence-electron chi connectivity index (χ2n) is 5.77. The van der Waals surface area contributed by atoms with Gasteiger partial charge in [-0.2, -0.15) is 5.26 Å². The first-order valence-corrected chi connectivity index (χ1v) is 9.74. The quantitative estimate of drug-likeness (QED) is 0.610. The zero-order valence-electron chi connectivity index (χ0n) is 15.1. The number of methoxy groups -OCH3 is 2. The van der Waals surface area contributed by atoms with E-state index in [4.69, 9.17) is 9.47 Å². The number of amides is 2. The van der Waals surface area contributed by atoms with Crippen LogP contribution >= 0.6 is 27.7 Å². The fourth-order valence-corrected chi connectivity index (χ4v) is 4.06. The molecule has 1 heterocycles. The van der Waals surface area contributed by atoms with Crippen LogP contribution in [0.5, 0.6) is 11.5 Å². The average molecular weight is 459 g/mol. The number of carbonyl (C=O) groups excluding carboxylic acids is 2. The van der Waals surface area contributed by atoms with Gasteiger partial charge in [0.2, 0.25) is 0 Å². The van der Waals surface area contributed by atoms with Gasteiger partial charge in [-0.25, -0.2) is 0 Å². The summed E-state index contributed by atoms with van der Waals surface area (Å²) in [5.74, 6) is 0.557. The van der Waals surface area contributed by atoms with E-state index in [-0.39, 0.29) is 16.7 Å². The molecular formula is C20H15BrN2O4S. The molecule has 0 N–H and O–H groups in total. The molecule has 0 radical (unpaired) electrons. The van der Waals surface area contributed by atoms with Crippen molar-refractivity contribution in [3.05, 3.63) is 62.5 Å². The van der Waals surface area contributed by atoms with Gasteiger partial charge in [0.15, 0.2) is 11.5 Å². The average Bonchev–Trinajstić information content (AvgIpc) is 2.95. The zero-order valence-corrected chi connectivity index (χ0v) is 17.5. The largest absolute Gasteiger partial charge is 0.493 e. The van der Waals surface area contributed by atoms with Crippen molar-refractivity contribution in [3.8, 4) is 17.6 Å². The Hall–Kier alpha value is -2.76. The molecule has 28 heavy (non-hydrogen) atoms. The van der Waals surface area contributed by atoms with Crippen LogP contribution in [-0.2, 0) is 11.3 Å². The molecule has 2 amide bonds. The molecule has 6 nitrogen and oxygen atoms in total. The Kier molecular flexibility index (Phi) is 6.07. The van der Waals surface area contributed by atoms with Crippen LogP contribution in [-0.4, -0.2) is 30.3 Å². The van der Waals surface area contributed by atoms with Gasteiger partial charge in [-0.05, 0) is 41.6 Å². The molecule has 142 valence electrons. The summed E-state index contributed by atoms with van der Waals surface area (Å²) in [6.45, 7) is 0.0463. The third-order valence-corrected chi connectivity index (χ3v) is 5.46. The lowest BCUT2D eigenvalue weighted by molar-refractivity contribution is -0.123. The zero-order chi connectivity index (χ0) is 20.3. The highest BCUT2D eigenvalue weighted by Crippen LogP contribution is 2.39. The highest BCUT2D eigenvalue weighted by atomic mass is 79.9. The Balaban J connectivity index is 1.94. The maximum atomic E-state index is 12.8. The maximum Gasteiger partial charge on any atom is 0.293 e. The molecule has 0 saturated carbocycles. The van der Waals surface area contributed by atoms with Gasteiger partial charge in [0, 0.05) is 10.0 Å². The molecule has 0 spiro atoms. The number of nitriles is 1. The Morgan fingerprint density at radius 3 is 2.64 bits per heavy atom. The van der Waals surface area contributed by atoms with E-state index in [1.807, 2.05) is 0 Å². The Labute approximate surface area is 174 Å². The number of rotatable bonds is 5. The summed E-state index contributed by atoms with van der Waals surface area (Å²) in [5, 5.41) is 8.83. The normalized spacial score (nSPS) is 15.1. The smallest absolute Gasteiger partial charge is 0.293 e. The minimum Gasteiger partial charge on any atom is -0.493 e. The monoisotopic (exact) mass is 458 g/mol. The number of thioether (sulfide) groups is 1. The number of hydrogen-bond donors (Lipinski definition) is 0. The van der Waals surface area contributed by atoms with Crippen molar-refractivity contribution in [2.24, 2.45) is 0 Å². The molecule has 1 saturated heterocycles. The van der Waals surface area contributed by atoms with E-state index < -0.39 is 5.91 Å². The summed E-state index contributed by atoms with van der Waals surface area (Å²) in [6, 6.07) is 12.5. The van der Waals surface area contributed by atoms with Crippen molar-refractivity contribution < 1.29 is 19.1 Å². The van der Waals surface area contributed by atoms with Crippen molar-refractivity contribution in [1.82, 2.24) is 4.90 Å². The van der Waals surface area contributed by atoms with E-state index >= 15 is 0 Å². The fourth-order valence-electron chi connectivity index (χ4n) is 2.78. The van der Waals surface area contributed by atoms with E-state index in [1.165, 1.54) is 14.2 Å². The van der Waals surface area contributed by atoms with Gasteiger partial charge < -0.3 is 9.47 Å². The highest BCUT2D eigenvalue weighted by Gasteiger charge is 2.35. The summed E-state index contributed by atoms with van der Waals surface area (Å²) in [6.07, 6.45) is 1.60. The fraction of sp³-hybridized carbons (Fsp3) is 0.150. The number of ether oxygens (including phenoxy) is 2. The molecule has 0 atom stereocenters. The van der Waals surface area contributed by atoms with Crippen LogP contribution in [0.3, 0.4) is 0 Å². The van der Waals surface area contributed by atoms with Gasteiger partial charge in [-0.3, -0.25) is 14.5 Å². The van der Waals surface area contributed by atoms with Gasteiger partial charge >= 0.3 is 0 Å². The topological polar surface area (TPSA) is 79.6 Å². The minimum absolute atomic E-state index is 0.0463. The van der Waals surface area contributed by atoms with Crippen LogP contribution in [0.4, 0.5) is 4.79 Å².